The van der Waals surface area contributed by atoms with E-state index < -0.39 is 17.8 Å². The van der Waals surface area contributed by atoms with Crippen molar-refractivity contribution in [3.8, 4) is 0 Å². The van der Waals surface area contributed by atoms with Crippen molar-refractivity contribution in [2.45, 2.75) is 6.18 Å². The lowest BCUT2D eigenvalue weighted by Gasteiger charge is -2.32. The summed E-state index contributed by atoms with van der Waals surface area (Å²) in [4.78, 5) is 16.4. The Morgan fingerprint density at radius 3 is 2.27 bits per heavy atom. The molecule has 2 aromatic carbocycles. The molecule has 7 heteroatoms. The second-order valence-corrected chi connectivity index (χ2v) is 6.59. The number of hydrogen-bond acceptors (Lipinski definition) is 3. The summed E-state index contributed by atoms with van der Waals surface area (Å²) in [7, 11) is 1.92. The third kappa shape index (κ3) is 2.82. The molecule has 0 N–H and O–H groups in total. The van der Waals surface area contributed by atoms with E-state index in [0.29, 0.717) is 26.2 Å². The molecule has 0 saturated carbocycles. The van der Waals surface area contributed by atoms with E-state index in [1.165, 1.54) is 4.90 Å². The Hall–Kier alpha value is -2.54. The molecular weight excluding hydrogens is 345 g/mol. The molecule has 0 spiro atoms. The van der Waals surface area contributed by atoms with Gasteiger partial charge in [-0.2, -0.15) is 13.2 Å². The quantitative estimate of drug-likeness (QED) is 0.657. The van der Waals surface area contributed by atoms with Gasteiger partial charge in [0.25, 0.3) is 5.91 Å². The number of amides is 1. The van der Waals surface area contributed by atoms with Crippen molar-refractivity contribution in [3.05, 3.63) is 47.7 Å². The summed E-state index contributed by atoms with van der Waals surface area (Å²) in [6, 6.07) is 10.4. The largest absolute Gasteiger partial charge is 0.451 e. The van der Waals surface area contributed by atoms with Crippen LogP contribution in [0.1, 0.15) is 16.1 Å². The molecule has 1 aliphatic rings. The summed E-state index contributed by atoms with van der Waals surface area (Å²) >= 11 is 0. The molecule has 0 atom stereocenters. The van der Waals surface area contributed by atoms with Crippen LogP contribution in [0, 0.1) is 0 Å². The fourth-order valence-corrected chi connectivity index (χ4v) is 3.36. The van der Waals surface area contributed by atoms with E-state index in [-0.39, 0.29) is 16.5 Å². The van der Waals surface area contributed by atoms with Crippen LogP contribution in [0.15, 0.2) is 40.8 Å². The number of carbonyl (C=O) groups is 1. The standard InChI is InChI=1S/C19H17F3N2O2/c1-23-6-8-24(9-7-23)18(25)16-14-10-12-4-2-3-5-13(12)11-15(14)26-17(16)19(20,21)22/h2-5,10-11H,6-9H2,1H3. The van der Waals surface area contributed by atoms with Crippen molar-refractivity contribution in [1.82, 2.24) is 9.80 Å². The van der Waals surface area contributed by atoms with Crippen molar-refractivity contribution in [1.29, 1.82) is 0 Å². The first-order valence-corrected chi connectivity index (χ1v) is 8.35. The van der Waals surface area contributed by atoms with Crippen LogP contribution in [0.3, 0.4) is 0 Å². The normalized spacial score (nSPS) is 16.5. The number of fused-ring (bicyclic) bond motifs is 2. The number of alkyl halides is 3. The molecule has 1 aromatic heterocycles. The molecule has 1 fully saturated rings. The number of benzene rings is 2. The monoisotopic (exact) mass is 362 g/mol. The number of furan rings is 1. The molecule has 3 aromatic rings. The van der Waals surface area contributed by atoms with Gasteiger partial charge in [-0.3, -0.25) is 4.79 Å². The van der Waals surface area contributed by atoms with Crippen LogP contribution < -0.4 is 0 Å². The van der Waals surface area contributed by atoms with Crippen molar-refractivity contribution < 1.29 is 22.4 Å². The smallest absolute Gasteiger partial charge is 0.450 e. The number of nitrogens with zero attached hydrogens (tertiary/aromatic N) is 2. The van der Waals surface area contributed by atoms with E-state index in [1.54, 1.807) is 36.4 Å². The lowest BCUT2D eigenvalue weighted by atomic mass is 10.0. The Labute approximate surface area is 147 Å². The minimum Gasteiger partial charge on any atom is -0.451 e. The molecule has 0 aliphatic carbocycles. The molecule has 0 radical (unpaired) electrons. The van der Waals surface area contributed by atoms with Crippen LogP contribution in [-0.4, -0.2) is 48.9 Å². The highest BCUT2D eigenvalue weighted by Gasteiger charge is 2.42. The number of carbonyl (C=O) groups excluding carboxylic acids is 1. The van der Waals surface area contributed by atoms with Gasteiger partial charge in [-0.05, 0) is 30.0 Å². The molecular formula is C19H17F3N2O2. The maximum Gasteiger partial charge on any atom is 0.450 e. The van der Waals surface area contributed by atoms with Crippen LogP contribution in [0.25, 0.3) is 21.7 Å². The Bertz CT molecular complexity index is 986. The molecule has 0 unspecified atom stereocenters. The predicted molar refractivity (Wildman–Crippen MR) is 92.1 cm³/mol. The highest BCUT2D eigenvalue weighted by molar-refractivity contribution is 6.10. The molecule has 1 aliphatic heterocycles. The van der Waals surface area contributed by atoms with E-state index in [2.05, 4.69) is 0 Å². The Morgan fingerprint density at radius 2 is 1.65 bits per heavy atom. The van der Waals surface area contributed by atoms with E-state index in [1.807, 2.05) is 11.9 Å². The number of rotatable bonds is 1. The first-order chi connectivity index (χ1) is 12.3. The van der Waals surface area contributed by atoms with E-state index in [0.717, 1.165) is 10.8 Å². The maximum atomic E-state index is 13.6. The zero-order valence-corrected chi connectivity index (χ0v) is 14.1. The molecule has 2 heterocycles. The number of likely N-dealkylation sites (N-methyl/N-ethyl adjacent to an activating group) is 1. The van der Waals surface area contributed by atoms with Gasteiger partial charge in [0.05, 0.1) is 5.56 Å². The van der Waals surface area contributed by atoms with Crippen LogP contribution >= 0.6 is 0 Å². The first kappa shape index (κ1) is 16.9. The van der Waals surface area contributed by atoms with Gasteiger partial charge in [0.15, 0.2) is 0 Å². The molecule has 136 valence electrons. The van der Waals surface area contributed by atoms with Crippen LogP contribution in [0.4, 0.5) is 13.2 Å². The van der Waals surface area contributed by atoms with Gasteiger partial charge in [-0.1, -0.05) is 24.3 Å². The summed E-state index contributed by atoms with van der Waals surface area (Å²) in [6.45, 7) is 2.05. The van der Waals surface area contributed by atoms with Crippen LogP contribution in [0.2, 0.25) is 0 Å². The third-order valence-electron chi connectivity index (χ3n) is 4.82. The van der Waals surface area contributed by atoms with Gasteiger partial charge < -0.3 is 14.2 Å². The van der Waals surface area contributed by atoms with Crippen molar-refractivity contribution in [3.63, 3.8) is 0 Å². The topological polar surface area (TPSA) is 36.7 Å². The van der Waals surface area contributed by atoms with Gasteiger partial charge in [-0.25, -0.2) is 0 Å². The Morgan fingerprint density at radius 1 is 1.04 bits per heavy atom. The fraction of sp³-hybridized carbons (Fsp3) is 0.316. The van der Waals surface area contributed by atoms with Gasteiger partial charge >= 0.3 is 6.18 Å². The van der Waals surface area contributed by atoms with Crippen molar-refractivity contribution in [2.24, 2.45) is 0 Å². The summed E-state index contributed by atoms with van der Waals surface area (Å²) in [6.07, 6.45) is -4.73. The SMILES string of the molecule is CN1CCN(C(=O)c2c(C(F)(F)F)oc3cc4ccccc4cc23)CC1. The molecule has 1 amide bonds. The molecule has 0 bridgehead atoms. The van der Waals surface area contributed by atoms with E-state index in [9.17, 15) is 18.0 Å². The van der Waals surface area contributed by atoms with E-state index >= 15 is 0 Å². The number of halogens is 3. The van der Waals surface area contributed by atoms with Gasteiger partial charge in [0.2, 0.25) is 5.76 Å². The first-order valence-electron chi connectivity index (χ1n) is 8.35. The average Bonchev–Trinajstić information content (AvgIpc) is 2.98. The fourth-order valence-electron chi connectivity index (χ4n) is 3.36. The second-order valence-electron chi connectivity index (χ2n) is 6.59. The van der Waals surface area contributed by atoms with Crippen molar-refractivity contribution >= 4 is 27.6 Å². The highest BCUT2D eigenvalue weighted by Crippen LogP contribution is 2.40. The minimum atomic E-state index is -4.73. The number of piperazine rings is 1. The summed E-state index contributed by atoms with van der Waals surface area (Å²) in [5, 5.41) is 1.74. The van der Waals surface area contributed by atoms with Gasteiger partial charge in [0, 0.05) is 31.6 Å². The highest BCUT2D eigenvalue weighted by atomic mass is 19.4. The van der Waals surface area contributed by atoms with E-state index in [4.69, 9.17) is 4.42 Å². The van der Waals surface area contributed by atoms with Crippen LogP contribution in [-0.2, 0) is 6.18 Å². The summed E-state index contributed by atoms with van der Waals surface area (Å²) in [5.41, 5.74) is -0.309. The number of hydrogen-bond donors (Lipinski definition) is 0. The third-order valence-corrected chi connectivity index (χ3v) is 4.82. The predicted octanol–water partition coefficient (Wildman–Crippen LogP) is 3.99. The zero-order chi connectivity index (χ0) is 18.5. The molecule has 1 saturated heterocycles. The lowest BCUT2D eigenvalue weighted by Crippen LogP contribution is -2.47. The van der Waals surface area contributed by atoms with Crippen molar-refractivity contribution in [2.75, 3.05) is 33.2 Å². The minimum absolute atomic E-state index is 0.0773. The average molecular weight is 362 g/mol. The van der Waals surface area contributed by atoms with Gasteiger partial charge in [-0.15, -0.1) is 0 Å². The Kier molecular flexibility index (Phi) is 3.91. The summed E-state index contributed by atoms with van der Waals surface area (Å²) < 4.78 is 45.8. The Balaban J connectivity index is 1.90. The molecule has 26 heavy (non-hydrogen) atoms. The molecule has 4 nitrogen and oxygen atoms in total. The maximum absolute atomic E-state index is 13.6. The zero-order valence-electron chi connectivity index (χ0n) is 14.1. The molecule has 4 rings (SSSR count). The second kappa shape index (κ2) is 6.02. The lowest BCUT2D eigenvalue weighted by molar-refractivity contribution is -0.152. The summed E-state index contributed by atoms with van der Waals surface area (Å²) in [5.74, 6) is -1.84. The van der Waals surface area contributed by atoms with Gasteiger partial charge in [0.1, 0.15) is 5.58 Å². The van der Waals surface area contributed by atoms with Crippen LogP contribution in [0.5, 0.6) is 0 Å².